The van der Waals surface area contributed by atoms with Gasteiger partial charge in [0.2, 0.25) is 0 Å². The van der Waals surface area contributed by atoms with Crippen LogP contribution >= 0.6 is 23.4 Å². The second-order valence-electron chi connectivity index (χ2n) is 5.61. The lowest BCUT2D eigenvalue weighted by Gasteiger charge is -2.23. The van der Waals surface area contributed by atoms with Crippen molar-refractivity contribution in [2.24, 2.45) is 0 Å². The normalized spacial score (nSPS) is 15.0. The van der Waals surface area contributed by atoms with Crippen LogP contribution in [-0.4, -0.2) is 30.6 Å². The van der Waals surface area contributed by atoms with E-state index in [1.54, 1.807) is 17.8 Å². The van der Waals surface area contributed by atoms with Crippen LogP contribution in [0.4, 0.5) is 0 Å². The third kappa shape index (κ3) is 3.02. The van der Waals surface area contributed by atoms with Crippen molar-refractivity contribution in [3.8, 4) is 5.75 Å². The first-order chi connectivity index (χ1) is 10.6. The van der Waals surface area contributed by atoms with E-state index < -0.39 is 0 Å². The van der Waals surface area contributed by atoms with E-state index in [0.717, 1.165) is 23.4 Å². The number of rotatable bonds is 3. The molecule has 0 fully saturated rings. The lowest BCUT2D eigenvalue weighted by molar-refractivity contribution is 0.417. The minimum Gasteiger partial charge on any atom is -0.506 e. The number of hydrogen-bond donors (Lipinski definition) is 1. The van der Waals surface area contributed by atoms with E-state index >= 15 is 0 Å². The molecule has 0 unspecified atom stereocenters. The van der Waals surface area contributed by atoms with Crippen molar-refractivity contribution in [1.82, 2.24) is 4.90 Å². The van der Waals surface area contributed by atoms with Crippen LogP contribution in [0, 0.1) is 0 Å². The molecule has 0 saturated carbocycles. The van der Waals surface area contributed by atoms with Crippen molar-refractivity contribution >= 4 is 28.9 Å². The van der Waals surface area contributed by atoms with Gasteiger partial charge in [0.1, 0.15) is 5.75 Å². The zero-order chi connectivity index (χ0) is 15.7. The summed E-state index contributed by atoms with van der Waals surface area (Å²) >= 11 is 7.81. The largest absolute Gasteiger partial charge is 0.506 e. The van der Waals surface area contributed by atoms with Crippen LogP contribution in [0.3, 0.4) is 0 Å². The number of fused-ring (bicyclic) bond motifs is 2. The molecule has 1 aliphatic rings. The SMILES string of the molecule is CN(C)CC/C=C1\c2ccccc2Sc2cc(O)c(Cl)cc21. The number of nitrogens with zero attached hydrogens (tertiary/aromatic N) is 1. The molecule has 2 nitrogen and oxygen atoms in total. The van der Waals surface area contributed by atoms with Gasteiger partial charge in [-0.15, -0.1) is 0 Å². The molecular formula is C18H18ClNOS. The summed E-state index contributed by atoms with van der Waals surface area (Å²) in [6, 6.07) is 12.0. The van der Waals surface area contributed by atoms with Crippen molar-refractivity contribution in [3.63, 3.8) is 0 Å². The average Bonchev–Trinajstić information content (AvgIpc) is 2.48. The Labute approximate surface area is 140 Å². The molecule has 0 spiro atoms. The van der Waals surface area contributed by atoms with Crippen LogP contribution in [0.2, 0.25) is 5.02 Å². The highest BCUT2D eigenvalue weighted by atomic mass is 35.5. The Morgan fingerprint density at radius 3 is 2.68 bits per heavy atom. The molecule has 1 N–H and O–H groups in total. The summed E-state index contributed by atoms with van der Waals surface area (Å²) in [5.41, 5.74) is 3.54. The first-order valence-corrected chi connectivity index (χ1v) is 8.40. The molecule has 0 aliphatic carbocycles. The van der Waals surface area contributed by atoms with Crippen molar-refractivity contribution < 1.29 is 5.11 Å². The van der Waals surface area contributed by atoms with E-state index in [1.165, 1.54) is 16.0 Å². The maximum Gasteiger partial charge on any atom is 0.135 e. The maximum absolute atomic E-state index is 9.89. The van der Waals surface area contributed by atoms with Crippen molar-refractivity contribution in [1.29, 1.82) is 0 Å². The van der Waals surface area contributed by atoms with E-state index in [9.17, 15) is 5.11 Å². The molecule has 0 amide bonds. The molecule has 1 aliphatic heterocycles. The lowest BCUT2D eigenvalue weighted by Crippen LogP contribution is -2.12. The number of phenolic OH excluding ortho intramolecular Hbond substituents is 1. The molecule has 0 saturated heterocycles. The Balaban J connectivity index is 2.09. The molecule has 114 valence electrons. The zero-order valence-corrected chi connectivity index (χ0v) is 14.2. The number of hydrogen-bond acceptors (Lipinski definition) is 3. The molecule has 0 atom stereocenters. The first-order valence-electron chi connectivity index (χ1n) is 7.21. The molecule has 0 bridgehead atoms. The summed E-state index contributed by atoms with van der Waals surface area (Å²) in [6.07, 6.45) is 3.24. The second-order valence-corrected chi connectivity index (χ2v) is 7.10. The predicted octanol–water partition coefficient (Wildman–Crippen LogP) is 4.89. The summed E-state index contributed by atoms with van der Waals surface area (Å²) in [5.74, 6) is 0.139. The van der Waals surface area contributed by atoms with E-state index in [-0.39, 0.29) is 5.75 Å². The van der Waals surface area contributed by atoms with Gasteiger partial charge in [0.05, 0.1) is 5.02 Å². The number of halogens is 1. The summed E-state index contributed by atoms with van der Waals surface area (Å²) in [4.78, 5) is 4.44. The first kappa shape index (κ1) is 15.5. The third-order valence-electron chi connectivity index (χ3n) is 3.66. The van der Waals surface area contributed by atoms with Gasteiger partial charge >= 0.3 is 0 Å². The van der Waals surface area contributed by atoms with Gasteiger partial charge in [-0.25, -0.2) is 0 Å². The molecule has 1 heterocycles. The molecule has 0 radical (unpaired) electrons. The summed E-state index contributed by atoms with van der Waals surface area (Å²) < 4.78 is 0. The maximum atomic E-state index is 9.89. The number of phenols is 1. The van der Waals surface area contributed by atoms with E-state index in [4.69, 9.17) is 11.6 Å². The smallest absolute Gasteiger partial charge is 0.135 e. The van der Waals surface area contributed by atoms with Gasteiger partial charge in [0.15, 0.2) is 0 Å². The van der Waals surface area contributed by atoms with Gasteiger partial charge in [-0.3, -0.25) is 0 Å². The molecular weight excluding hydrogens is 314 g/mol. The molecule has 22 heavy (non-hydrogen) atoms. The fraction of sp³-hybridized carbons (Fsp3) is 0.222. The predicted molar refractivity (Wildman–Crippen MR) is 93.9 cm³/mol. The Hall–Kier alpha value is -1.42. The van der Waals surface area contributed by atoms with Crippen LogP contribution in [0.15, 0.2) is 52.3 Å². The van der Waals surface area contributed by atoms with E-state index in [2.05, 4.69) is 43.3 Å². The van der Waals surface area contributed by atoms with Crippen LogP contribution in [0.5, 0.6) is 5.75 Å². The fourth-order valence-corrected chi connectivity index (χ4v) is 3.85. The molecule has 2 aromatic rings. The highest BCUT2D eigenvalue weighted by Gasteiger charge is 2.22. The molecule has 0 aromatic heterocycles. The lowest BCUT2D eigenvalue weighted by atomic mass is 9.96. The molecule has 3 rings (SSSR count). The second kappa shape index (κ2) is 6.37. The van der Waals surface area contributed by atoms with Crippen molar-refractivity contribution in [3.05, 3.63) is 58.6 Å². The summed E-state index contributed by atoms with van der Waals surface area (Å²) in [7, 11) is 4.15. The highest BCUT2D eigenvalue weighted by molar-refractivity contribution is 7.99. The monoisotopic (exact) mass is 331 g/mol. The van der Waals surface area contributed by atoms with Gasteiger partial charge in [0, 0.05) is 16.3 Å². The Morgan fingerprint density at radius 1 is 1.14 bits per heavy atom. The van der Waals surface area contributed by atoms with Crippen LogP contribution in [0.1, 0.15) is 17.5 Å². The fourth-order valence-electron chi connectivity index (χ4n) is 2.57. The van der Waals surface area contributed by atoms with Gasteiger partial charge in [-0.2, -0.15) is 0 Å². The minimum atomic E-state index is 0.139. The number of benzene rings is 2. The van der Waals surface area contributed by atoms with Crippen LogP contribution in [-0.2, 0) is 0 Å². The van der Waals surface area contributed by atoms with Crippen molar-refractivity contribution in [2.45, 2.75) is 16.2 Å². The Morgan fingerprint density at radius 2 is 1.91 bits per heavy atom. The van der Waals surface area contributed by atoms with Gasteiger partial charge < -0.3 is 10.0 Å². The minimum absolute atomic E-state index is 0.139. The van der Waals surface area contributed by atoms with Gasteiger partial charge in [0.25, 0.3) is 0 Å². The molecule has 2 aromatic carbocycles. The third-order valence-corrected chi connectivity index (χ3v) is 5.10. The van der Waals surface area contributed by atoms with Gasteiger partial charge in [-0.1, -0.05) is 47.6 Å². The Bertz CT molecular complexity index is 740. The standard InChI is InChI=1S/C18H18ClNOS/c1-20(2)9-5-7-12-13-6-3-4-8-17(13)22-18-11-16(21)15(19)10-14(12)18/h3-4,6-8,10-11,21H,5,9H2,1-2H3/b12-7+. The summed E-state index contributed by atoms with van der Waals surface area (Å²) in [5, 5.41) is 10.3. The zero-order valence-electron chi connectivity index (χ0n) is 12.6. The molecule has 4 heteroatoms. The van der Waals surface area contributed by atoms with Crippen molar-refractivity contribution in [2.75, 3.05) is 20.6 Å². The van der Waals surface area contributed by atoms with E-state index in [1.807, 2.05) is 12.1 Å². The Kier molecular flexibility index (Phi) is 4.48. The topological polar surface area (TPSA) is 23.5 Å². The van der Waals surface area contributed by atoms with Crippen LogP contribution < -0.4 is 0 Å². The van der Waals surface area contributed by atoms with E-state index in [0.29, 0.717) is 5.02 Å². The quantitative estimate of drug-likeness (QED) is 0.739. The van der Waals surface area contributed by atoms with Gasteiger partial charge in [-0.05, 0) is 55.4 Å². The number of aromatic hydroxyl groups is 1. The van der Waals surface area contributed by atoms with Crippen LogP contribution in [0.25, 0.3) is 5.57 Å². The highest BCUT2D eigenvalue weighted by Crippen LogP contribution is 2.47. The average molecular weight is 332 g/mol. The summed E-state index contributed by atoms with van der Waals surface area (Å²) in [6.45, 7) is 1.000.